The number of ketones is 1. The summed E-state index contributed by atoms with van der Waals surface area (Å²) >= 11 is 0. The summed E-state index contributed by atoms with van der Waals surface area (Å²) in [5.41, 5.74) is 8.22. The molecule has 2 nitrogen and oxygen atoms in total. The van der Waals surface area contributed by atoms with E-state index in [1.165, 1.54) is 5.56 Å². The predicted molar refractivity (Wildman–Crippen MR) is 76.6 cm³/mol. The smallest absolute Gasteiger partial charge is 0.153 e. The number of carbonyl (C=O) groups excluding carboxylic acids is 1. The molecule has 0 radical (unpaired) electrons. The minimum absolute atomic E-state index is 0.147. The van der Waals surface area contributed by atoms with Gasteiger partial charge in [-0.25, -0.2) is 0 Å². The van der Waals surface area contributed by atoms with Crippen molar-refractivity contribution < 1.29 is 4.79 Å². The fourth-order valence-corrected chi connectivity index (χ4v) is 2.07. The molecule has 0 bridgehead atoms. The number of benzene rings is 1. The molecule has 0 amide bonds. The van der Waals surface area contributed by atoms with Crippen molar-refractivity contribution >= 4 is 5.78 Å². The molecule has 0 spiro atoms. The zero-order valence-electron chi connectivity index (χ0n) is 11.8. The molecule has 1 rings (SSSR count). The molecule has 100 valence electrons. The fourth-order valence-electron chi connectivity index (χ4n) is 2.07. The molecule has 0 saturated heterocycles. The van der Waals surface area contributed by atoms with Crippen molar-refractivity contribution in [2.45, 2.75) is 52.5 Å². The van der Waals surface area contributed by atoms with Crippen molar-refractivity contribution in [3.8, 4) is 0 Å². The van der Waals surface area contributed by atoms with E-state index in [2.05, 4.69) is 26.0 Å². The first-order valence-electron chi connectivity index (χ1n) is 6.89. The standard InChI is InChI=1S/C16H25NO/c1-4-5-15(17)16(18)11-14-8-6-13(7-9-14)10-12(2)3/h6-9,12,15H,4-5,10-11,17H2,1-3H3/t15-/m0/s1. The number of Topliss-reactive ketones (excluding diaryl/α,β-unsaturated/α-hetero) is 1. The number of nitrogens with two attached hydrogens (primary N) is 1. The van der Waals surface area contributed by atoms with Crippen molar-refractivity contribution in [3.05, 3.63) is 35.4 Å². The first-order valence-corrected chi connectivity index (χ1v) is 6.89. The number of hydrogen-bond acceptors (Lipinski definition) is 2. The maximum atomic E-state index is 11.8. The van der Waals surface area contributed by atoms with Crippen molar-refractivity contribution in [1.82, 2.24) is 0 Å². The van der Waals surface area contributed by atoms with Crippen LogP contribution in [0.1, 0.15) is 44.7 Å². The molecule has 0 saturated carbocycles. The van der Waals surface area contributed by atoms with Crippen LogP contribution in [0.3, 0.4) is 0 Å². The van der Waals surface area contributed by atoms with E-state index in [0.29, 0.717) is 12.3 Å². The molecule has 2 N–H and O–H groups in total. The predicted octanol–water partition coefficient (Wildman–Crippen LogP) is 3.12. The molecule has 0 aliphatic carbocycles. The minimum Gasteiger partial charge on any atom is -0.321 e. The van der Waals surface area contributed by atoms with Crippen molar-refractivity contribution in [2.24, 2.45) is 11.7 Å². The summed E-state index contributed by atoms with van der Waals surface area (Å²) in [5.74, 6) is 0.809. The van der Waals surface area contributed by atoms with E-state index in [9.17, 15) is 4.79 Å². The lowest BCUT2D eigenvalue weighted by atomic mass is 9.98. The van der Waals surface area contributed by atoms with Gasteiger partial charge in [0.25, 0.3) is 0 Å². The van der Waals surface area contributed by atoms with E-state index in [1.54, 1.807) is 0 Å². The van der Waals surface area contributed by atoms with E-state index in [-0.39, 0.29) is 11.8 Å². The summed E-state index contributed by atoms with van der Waals surface area (Å²) in [4.78, 5) is 11.8. The van der Waals surface area contributed by atoms with Crippen LogP contribution in [0.2, 0.25) is 0 Å². The second-order valence-corrected chi connectivity index (χ2v) is 5.45. The number of hydrogen-bond donors (Lipinski definition) is 1. The lowest BCUT2D eigenvalue weighted by Gasteiger charge is -2.10. The van der Waals surface area contributed by atoms with E-state index in [4.69, 9.17) is 5.73 Å². The lowest BCUT2D eigenvalue weighted by molar-refractivity contribution is -0.119. The van der Waals surface area contributed by atoms with Crippen LogP contribution >= 0.6 is 0 Å². The van der Waals surface area contributed by atoms with Crippen LogP contribution in [0, 0.1) is 5.92 Å². The van der Waals surface area contributed by atoms with Gasteiger partial charge >= 0.3 is 0 Å². The zero-order chi connectivity index (χ0) is 13.5. The average molecular weight is 247 g/mol. The van der Waals surface area contributed by atoms with Crippen LogP contribution in [0.25, 0.3) is 0 Å². The van der Waals surface area contributed by atoms with Crippen LogP contribution in [0.5, 0.6) is 0 Å². The van der Waals surface area contributed by atoms with Crippen LogP contribution in [0.4, 0.5) is 0 Å². The molecule has 2 heteroatoms. The third-order valence-electron chi connectivity index (χ3n) is 3.06. The Labute approximate surface area is 111 Å². The Morgan fingerprint density at radius 3 is 2.22 bits per heavy atom. The molecule has 1 aromatic rings. The van der Waals surface area contributed by atoms with Crippen molar-refractivity contribution in [1.29, 1.82) is 0 Å². The monoisotopic (exact) mass is 247 g/mol. The molecule has 0 aliphatic rings. The third kappa shape index (κ3) is 5.01. The molecule has 0 heterocycles. The largest absolute Gasteiger partial charge is 0.321 e. The summed E-state index contributed by atoms with van der Waals surface area (Å²) in [5, 5.41) is 0. The SMILES string of the molecule is CCC[C@H](N)C(=O)Cc1ccc(CC(C)C)cc1. The van der Waals surface area contributed by atoms with Gasteiger partial charge in [-0.3, -0.25) is 4.79 Å². The van der Waals surface area contributed by atoms with E-state index >= 15 is 0 Å². The molecule has 1 aromatic carbocycles. The van der Waals surface area contributed by atoms with Gasteiger partial charge in [0.1, 0.15) is 0 Å². The van der Waals surface area contributed by atoms with Crippen molar-refractivity contribution in [2.75, 3.05) is 0 Å². The highest BCUT2D eigenvalue weighted by atomic mass is 16.1. The van der Waals surface area contributed by atoms with Gasteiger partial charge in [0.15, 0.2) is 5.78 Å². The molecule has 0 aliphatic heterocycles. The fraction of sp³-hybridized carbons (Fsp3) is 0.562. The molecule has 18 heavy (non-hydrogen) atoms. The Balaban J connectivity index is 2.55. The Hall–Kier alpha value is -1.15. The summed E-state index contributed by atoms with van der Waals surface area (Å²) in [6, 6.07) is 8.04. The van der Waals surface area contributed by atoms with Gasteiger partial charge < -0.3 is 5.73 Å². The summed E-state index contributed by atoms with van der Waals surface area (Å²) < 4.78 is 0. The number of rotatable bonds is 7. The normalized spacial score (nSPS) is 12.7. The van der Waals surface area contributed by atoms with Gasteiger partial charge in [-0.1, -0.05) is 51.5 Å². The highest BCUT2D eigenvalue weighted by molar-refractivity contribution is 5.85. The van der Waals surface area contributed by atoms with E-state index < -0.39 is 0 Å². The molecule has 0 fully saturated rings. The number of carbonyl (C=O) groups is 1. The Kier molecular flexibility index (Phi) is 6.06. The molecule has 0 unspecified atom stereocenters. The molecular formula is C16H25NO. The highest BCUT2D eigenvalue weighted by Gasteiger charge is 2.12. The Morgan fingerprint density at radius 1 is 1.17 bits per heavy atom. The second-order valence-electron chi connectivity index (χ2n) is 5.45. The summed E-state index contributed by atoms with van der Waals surface area (Å²) in [6.45, 7) is 6.47. The molecule has 0 aromatic heterocycles. The van der Waals surface area contributed by atoms with Crippen LogP contribution in [-0.4, -0.2) is 11.8 Å². The summed E-state index contributed by atoms with van der Waals surface area (Å²) in [7, 11) is 0. The average Bonchev–Trinajstić information content (AvgIpc) is 2.31. The van der Waals surface area contributed by atoms with Crippen LogP contribution in [-0.2, 0) is 17.6 Å². The topological polar surface area (TPSA) is 43.1 Å². The van der Waals surface area contributed by atoms with Crippen LogP contribution < -0.4 is 5.73 Å². The van der Waals surface area contributed by atoms with E-state index in [0.717, 1.165) is 24.8 Å². The zero-order valence-corrected chi connectivity index (χ0v) is 11.8. The van der Waals surface area contributed by atoms with Crippen molar-refractivity contribution in [3.63, 3.8) is 0 Å². The van der Waals surface area contributed by atoms with Gasteiger partial charge in [-0.15, -0.1) is 0 Å². The van der Waals surface area contributed by atoms with E-state index in [1.807, 2.05) is 19.1 Å². The van der Waals surface area contributed by atoms with Gasteiger partial charge in [0.05, 0.1) is 6.04 Å². The lowest BCUT2D eigenvalue weighted by Crippen LogP contribution is -2.31. The molecule has 1 atom stereocenters. The minimum atomic E-state index is -0.301. The quantitative estimate of drug-likeness (QED) is 0.804. The van der Waals surface area contributed by atoms with Gasteiger partial charge in [0.2, 0.25) is 0 Å². The maximum Gasteiger partial charge on any atom is 0.153 e. The first kappa shape index (κ1) is 14.9. The molecular weight excluding hydrogens is 222 g/mol. The van der Waals surface area contributed by atoms with Gasteiger partial charge in [-0.2, -0.15) is 0 Å². The van der Waals surface area contributed by atoms with Gasteiger partial charge in [0, 0.05) is 6.42 Å². The highest BCUT2D eigenvalue weighted by Crippen LogP contribution is 2.11. The Bertz CT molecular complexity index is 367. The maximum absolute atomic E-state index is 11.8. The first-order chi connectivity index (χ1) is 8.52. The van der Waals surface area contributed by atoms with Crippen LogP contribution in [0.15, 0.2) is 24.3 Å². The Morgan fingerprint density at radius 2 is 1.72 bits per heavy atom. The van der Waals surface area contributed by atoms with Gasteiger partial charge in [-0.05, 0) is 29.9 Å². The second kappa shape index (κ2) is 7.32. The summed E-state index contributed by atoms with van der Waals surface area (Å²) in [6.07, 6.45) is 3.29. The third-order valence-corrected chi connectivity index (χ3v) is 3.06.